The van der Waals surface area contributed by atoms with Crippen molar-refractivity contribution >= 4 is 17.7 Å². The molecule has 148 valence electrons. The van der Waals surface area contributed by atoms with Crippen LogP contribution in [-0.2, 0) is 0 Å². The van der Waals surface area contributed by atoms with E-state index < -0.39 is 0 Å². The van der Waals surface area contributed by atoms with Crippen molar-refractivity contribution in [2.24, 2.45) is 0 Å². The topological polar surface area (TPSA) is 19.4 Å². The molecule has 0 spiro atoms. The van der Waals surface area contributed by atoms with Gasteiger partial charge in [0.15, 0.2) is 0 Å². The number of aromatic nitrogens is 1. The molecule has 4 heteroatoms. The molecule has 1 unspecified atom stereocenters. The third-order valence-corrected chi connectivity index (χ3v) is 5.65. The molecule has 29 heavy (non-hydrogen) atoms. The van der Waals surface area contributed by atoms with Crippen molar-refractivity contribution in [1.82, 2.24) is 14.8 Å². The van der Waals surface area contributed by atoms with E-state index in [-0.39, 0.29) is 6.04 Å². The minimum absolute atomic E-state index is 0.162. The summed E-state index contributed by atoms with van der Waals surface area (Å²) in [7, 11) is 0. The fraction of sp³-hybridized carbons (Fsp3) is 0.240. The summed E-state index contributed by atoms with van der Waals surface area (Å²) in [6.45, 7) is 5.12. The minimum atomic E-state index is 0.162. The van der Waals surface area contributed by atoms with Crippen LogP contribution in [0.2, 0.25) is 5.02 Å². The standard InChI is InChI=1S/C25H26ClN3/c26-23-13-11-22(12-14-23)25(24-10-4-5-15-27-24)29-19-17-28(18-20-29)16-6-9-21-7-2-1-3-8-21/h1-15,25H,16-20H2/b9-6+. The third kappa shape index (κ3) is 5.33. The summed E-state index contributed by atoms with van der Waals surface area (Å²) in [4.78, 5) is 9.69. The van der Waals surface area contributed by atoms with Crippen molar-refractivity contribution in [2.75, 3.05) is 32.7 Å². The summed E-state index contributed by atoms with van der Waals surface area (Å²) >= 11 is 6.12. The Balaban J connectivity index is 1.41. The molecule has 0 amide bonds. The number of piperazine rings is 1. The Morgan fingerprint density at radius 1 is 0.862 bits per heavy atom. The van der Waals surface area contributed by atoms with Crippen molar-refractivity contribution < 1.29 is 0 Å². The van der Waals surface area contributed by atoms with Crippen molar-refractivity contribution in [1.29, 1.82) is 0 Å². The molecule has 0 aliphatic carbocycles. The molecular formula is C25H26ClN3. The summed E-state index contributed by atoms with van der Waals surface area (Å²) < 4.78 is 0. The summed E-state index contributed by atoms with van der Waals surface area (Å²) in [6.07, 6.45) is 6.35. The van der Waals surface area contributed by atoms with E-state index in [0.29, 0.717) is 0 Å². The van der Waals surface area contributed by atoms with Gasteiger partial charge in [-0.05, 0) is 35.4 Å². The molecule has 1 aromatic heterocycles. The van der Waals surface area contributed by atoms with Gasteiger partial charge in [-0.25, -0.2) is 0 Å². The van der Waals surface area contributed by atoms with E-state index in [4.69, 9.17) is 11.6 Å². The molecule has 2 aromatic carbocycles. The molecule has 0 N–H and O–H groups in total. The number of halogens is 1. The molecule has 1 saturated heterocycles. The lowest BCUT2D eigenvalue weighted by Crippen LogP contribution is -2.47. The summed E-state index contributed by atoms with van der Waals surface area (Å²) in [5, 5.41) is 0.767. The minimum Gasteiger partial charge on any atom is -0.297 e. The molecule has 0 saturated carbocycles. The predicted molar refractivity (Wildman–Crippen MR) is 121 cm³/mol. The molecule has 1 aliphatic rings. The van der Waals surface area contributed by atoms with E-state index in [0.717, 1.165) is 43.4 Å². The number of nitrogens with zero attached hydrogens (tertiary/aromatic N) is 3. The maximum absolute atomic E-state index is 6.12. The molecule has 4 rings (SSSR count). The van der Waals surface area contributed by atoms with Crippen molar-refractivity contribution in [3.8, 4) is 0 Å². The molecule has 1 atom stereocenters. The number of benzene rings is 2. The lowest BCUT2D eigenvalue weighted by molar-refractivity contribution is 0.116. The van der Waals surface area contributed by atoms with Gasteiger partial charge in [0.05, 0.1) is 11.7 Å². The summed E-state index contributed by atoms with van der Waals surface area (Å²) in [5.41, 5.74) is 3.59. The Hall–Kier alpha value is -2.46. The van der Waals surface area contributed by atoms with E-state index in [1.807, 2.05) is 24.4 Å². The van der Waals surface area contributed by atoms with Gasteiger partial charge in [-0.1, -0.05) is 72.3 Å². The highest BCUT2D eigenvalue weighted by atomic mass is 35.5. The molecule has 3 aromatic rings. The Bertz CT molecular complexity index is 902. The lowest BCUT2D eigenvalue weighted by atomic mass is 10.0. The summed E-state index contributed by atoms with van der Waals surface area (Å²) in [5.74, 6) is 0. The van der Waals surface area contributed by atoms with Crippen LogP contribution in [0.3, 0.4) is 0 Å². The first kappa shape index (κ1) is 19.8. The molecule has 3 nitrogen and oxygen atoms in total. The van der Waals surface area contributed by atoms with Gasteiger partial charge in [0, 0.05) is 43.9 Å². The molecule has 1 aliphatic heterocycles. The van der Waals surface area contributed by atoms with Crippen LogP contribution < -0.4 is 0 Å². The highest BCUT2D eigenvalue weighted by Gasteiger charge is 2.26. The molecule has 2 heterocycles. The van der Waals surface area contributed by atoms with Crippen LogP contribution in [0, 0.1) is 0 Å². The molecule has 1 fully saturated rings. The van der Waals surface area contributed by atoms with Gasteiger partial charge in [-0.2, -0.15) is 0 Å². The van der Waals surface area contributed by atoms with Crippen LogP contribution in [0.1, 0.15) is 22.9 Å². The van der Waals surface area contributed by atoms with Gasteiger partial charge in [0.2, 0.25) is 0 Å². The second kappa shape index (κ2) is 9.84. The Morgan fingerprint density at radius 2 is 1.59 bits per heavy atom. The normalized spacial score (nSPS) is 16.9. The van der Waals surface area contributed by atoms with E-state index in [2.05, 4.69) is 81.5 Å². The maximum Gasteiger partial charge on any atom is 0.0777 e. The zero-order valence-corrected chi connectivity index (χ0v) is 17.2. The first-order valence-corrected chi connectivity index (χ1v) is 10.5. The smallest absolute Gasteiger partial charge is 0.0777 e. The average Bonchev–Trinajstić information content (AvgIpc) is 2.78. The van der Waals surface area contributed by atoms with Crippen LogP contribution in [0.4, 0.5) is 0 Å². The SMILES string of the molecule is Clc1ccc(C(c2ccccn2)N2CCN(C/C=C/c3ccccc3)CC2)cc1. The zero-order valence-electron chi connectivity index (χ0n) is 16.5. The predicted octanol–water partition coefficient (Wildman–Crippen LogP) is 5.16. The number of hydrogen-bond donors (Lipinski definition) is 0. The zero-order chi connectivity index (χ0) is 19.9. The monoisotopic (exact) mass is 403 g/mol. The first-order chi connectivity index (χ1) is 14.3. The van der Waals surface area contributed by atoms with E-state index in [9.17, 15) is 0 Å². The van der Waals surface area contributed by atoms with Gasteiger partial charge in [-0.15, -0.1) is 0 Å². The highest BCUT2D eigenvalue weighted by molar-refractivity contribution is 6.30. The molecular weight excluding hydrogens is 378 g/mol. The molecule has 0 radical (unpaired) electrons. The highest BCUT2D eigenvalue weighted by Crippen LogP contribution is 2.29. The fourth-order valence-electron chi connectivity index (χ4n) is 3.86. The van der Waals surface area contributed by atoms with Gasteiger partial charge in [0.25, 0.3) is 0 Å². The Kier molecular flexibility index (Phi) is 6.73. The third-order valence-electron chi connectivity index (χ3n) is 5.40. The van der Waals surface area contributed by atoms with Crippen molar-refractivity contribution in [3.05, 3.63) is 107 Å². The van der Waals surface area contributed by atoms with E-state index >= 15 is 0 Å². The second-order valence-corrected chi connectivity index (χ2v) is 7.79. The number of hydrogen-bond acceptors (Lipinski definition) is 3. The van der Waals surface area contributed by atoms with Gasteiger partial charge in [-0.3, -0.25) is 14.8 Å². The van der Waals surface area contributed by atoms with Crippen LogP contribution >= 0.6 is 11.6 Å². The largest absolute Gasteiger partial charge is 0.297 e. The maximum atomic E-state index is 6.12. The second-order valence-electron chi connectivity index (χ2n) is 7.36. The quantitative estimate of drug-likeness (QED) is 0.567. The van der Waals surface area contributed by atoms with Crippen LogP contribution in [-0.4, -0.2) is 47.5 Å². The van der Waals surface area contributed by atoms with Gasteiger partial charge >= 0.3 is 0 Å². The van der Waals surface area contributed by atoms with Gasteiger partial charge in [0.1, 0.15) is 0 Å². The Labute approximate surface area is 178 Å². The van der Waals surface area contributed by atoms with Gasteiger partial charge < -0.3 is 0 Å². The number of pyridine rings is 1. The first-order valence-electron chi connectivity index (χ1n) is 10.1. The number of rotatable bonds is 6. The van der Waals surface area contributed by atoms with E-state index in [1.165, 1.54) is 11.1 Å². The molecule has 0 bridgehead atoms. The van der Waals surface area contributed by atoms with Crippen LogP contribution in [0.25, 0.3) is 6.08 Å². The fourth-order valence-corrected chi connectivity index (χ4v) is 3.98. The van der Waals surface area contributed by atoms with Crippen molar-refractivity contribution in [3.63, 3.8) is 0 Å². The average molecular weight is 404 g/mol. The Morgan fingerprint density at radius 3 is 2.28 bits per heavy atom. The van der Waals surface area contributed by atoms with Crippen LogP contribution in [0.5, 0.6) is 0 Å². The summed E-state index contributed by atoms with van der Waals surface area (Å²) in [6, 6.07) is 25.0. The lowest BCUT2D eigenvalue weighted by Gasteiger charge is -2.39. The van der Waals surface area contributed by atoms with E-state index in [1.54, 1.807) is 0 Å². The van der Waals surface area contributed by atoms with Crippen molar-refractivity contribution in [2.45, 2.75) is 6.04 Å². The van der Waals surface area contributed by atoms with Crippen LogP contribution in [0.15, 0.2) is 85.1 Å².